The van der Waals surface area contributed by atoms with Gasteiger partial charge in [-0.25, -0.2) is 8.78 Å². The van der Waals surface area contributed by atoms with Crippen molar-refractivity contribution in [2.75, 3.05) is 6.61 Å². The Labute approximate surface area is 152 Å². The molecule has 0 aliphatic heterocycles. The normalized spacial score (nSPS) is 12.0. The molecule has 1 nitrogen and oxygen atoms in total. The molecule has 0 aliphatic rings. The van der Waals surface area contributed by atoms with Crippen molar-refractivity contribution in [2.45, 2.75) is 13.3 Å². The Bertz CT molecular complexity index is 956. The first-order chi connectivity index (χ1) is 12.6. The molecular weight excluding hydrogens is 330 g/mol. The van der Waals surface area contributed by atoms with Gasteiger partial charge >= 0.3 is 0 Å². The lowest BCUT2D eigenvalue weighted by Crippen LogP contribution is -1.92. The number of fused-ring (bicyclic) bond motifs is 1. The monoisotopic (exact) mass is 350 g/mol. The molecule has 3 aromatic carbocycles. The van der Waals surface area contributed by atoms with Crippen LogP contribution in [0.5, 0.6) is 5.75 Å². The molecular formula is C23H20F2O. The first kappa shape index (κ1) is 17.9. The largest absolute Gasteiger partial charge is 0.490 e. The van der Waals surface area contributed by atoms with E-state index in [1.165, 1.54) is 17.7 Å². The summed E-state index contributed by atoms with van der Waals surface area (Å²) in [6, 6.07) is 17.3. The van der Waals surface area contributed by atoms with Gasteiger partial charge in [-0.15, -0.1) is 0 Å². The molecule has 3 aromatic rings. The second-order valence-electron chi connectivity index (χ2n) is 6.00. The van der Waals surface area contributed by atoms with Gasteiger partial charge in [-0.3, -0.25) is 0 Å². The Kier molecular flexibility index (Phi) is 5.47. The highest BCUT2D eigenvalue weighted by molar-refractivity contribution is 5.90. The molecule has 0 atom stereocenters. The summed E-state index contributed by atoms with van der Waals surface area (Å²) in [5, 5.41) is 1.90. The maximum atomic E-state index is 14.7. The lowest BCUT2D eigenvalue weighted by atomic mass is 10.0. The summed E-state index contributed by atoms with van der Waals surface area (Å²) in [6.07, 6.45) is 2.56. The second-order valence-corrected chi connectivity index (χ2v) is 6.00. The van der Waals surface area contributed by atoms with Crippen LogP contribution in [0.1, 0.15) is 23.6 Å². The van der Waals surface area contributed by atoms with E-state index in [9.17, 15) is 8.78 Å². The zero-order chi connectivity index (χ0) is 18.5. The zero-order valence-electron chi connectivity index (χ0n) is 14.6. The summed E-state index contributed by atoms with van der Waals surface area (Å²) in [4.78, 5) is 0. The fraction of sp³-hybridized carbons (Fsp3) is 0.130. The van der Waals surface area contributed by atoms with Crippen LogP contribution in [-0.4, -0.2) is 6.61 Å². The minimum Gasteiger partial charge on any atom is -0.490 e. The fourth-order valence-corrected chi connectivity index (χ4v) is 2.76. The maximum absolute atomic E-state index is 14.7. The lowest BCUT2D eigenvalue weighted by molar-refractivity contribution is 0.363. The van der Waals surface area contributed by atoms with Crippen LogP contribution >= 0.6 is 0 Å². The number of halogens is 2. The summed E-state index contributed by atoms with van der Waals surface area (Å²) in [7, 11) is 0. The highest BCUT2D eigenvalue weighted by Gasteiger charge is 2.12. The van der Waals surface area contributed by atoms with E-state index in [1.807, 2.05) is 18.2 Å². The van der Waals surface area contributed by atoms with E-state index in [4.69, 9.17) is 4.74 Å². The van der Waals surface area contributed by atoms with Crippen molar-refractivity contribution in [3.8, 4) is 5.75 Å². The molecule has 0 saturated heterocycles. The van der Waals surface area contributed by atoms with Gasteiger partial charge in [0.15, 0.2) is 11.7 Å². The van der Waals surface area contributed by atoms with Gasteiger partial charge < -0.3 is 4.74 Å². The molecule has 0 amide bonds. The van der Waals surface area contributed by atoms with E-state index >= 15 is 0 Å². The van der Waals surface area contributed by atoms with Crippen LogP contribution in [0.3, 0.4) is 0 Å². The van der Waals surface area contributed by atoms with Crippen molar-refractivity contribution in [3.05, 3.63) is 90.0 Å². The van der Waals surface area contributed by atoms with Crippen molar-refractivity contribution in [3.63, 3.8) is 0 Å². The molecule has 0 unspecified atom stereocenters. The van der Waals surface area contributed by atoms with Crippen molar-refractivity contribution in [1.29, 1.82) is 0 Å². The van der Waals surface area contributed by atoms with Crippen molar-refractivity contribution >= 4 is 22.4 Å². The molecule has 0 aliphatic carbocycles. The quantitative estimate of drug-likeness (QED) is 0.354. The van der Waals surface area contributed by atoms with Crippen molar-refractivity contribution in [1.82, 2.24) is 0 Å². The summed E-state index contributed by atoms with van der Waals surface area (Å²) in [6.45, 7) is 6.02. The predicted octanol–water partition coefficient (Wildman–Crippen LogP) is 6.73. The van der Waals surface area contributed by atoms with Crippen molar-refractivity contribution in [2.24, 2.45) is 0 Å². The second kappa shape index (κ2) is 7.96. The van der Waals surface area contributed by atoms with Crippen LogP contribution < -0.4 is 4.74 Å². The minimum atomic E-state index is -0.884. The van der Waals surface area contributed by atoms with Crippen LogP contribution in [0, 0.1) is 0 Å². The van der Waals surface area contributed by atoms with Crippen LogP contribution in [0.15, 0.2) is 73.3 Å². The van der Waals surface area contributed by atoms with E-state index in [0.717, 1.165) is 17.2 Å². The van der Waals surface area contributed by atoms with Gasteiger partial charge in [-0.05, 0) is 53.1 Å². The molecule has 0 fully saturated rings. The minimum absolute atomic E-state index is 0.176. The fourth-order valence-electron chi connectivity index (χ4n) is 2.76. The number of ether oxygens (including phenoxy) is 1. The van der Waals surface area contributed by atoms with E-state index in [0.29, 0.717) is 12.4 Å². The molecule has 0 radical (unpaired) electrons. The molecule has 3 heteroatoms. The molecule has 0 heterocycles. The predicted molar refractivity (Wildman–Crippen MR) is 104 cm³/mol. The van der Waals surface area contributed by atoms with Crippen LogP contribution in [0.4, 0.5) is 8.78 Å². The van der Waals surface area contributed by atoms with Crippen LogP contribution in [-0.2, 0) is 6.42 Å². The molecule has 0 N–H and O–H groups in total. The zero-order valence-corrected chi connectivity index (χ0v) is 14.6. The van der Waals surface area contributed by atoms with Gasteiger partial charge in [0.1, 0.15) is 12.4 Å². The first-order valence-corrected chi connectivity index (χ1v) is 8.55. The van der Waals surface area contributed by atoms with E-state index < -0.39 is 11.7 Å². The number of rotatable bonds is 6. The molecule has 132 valence electrons. The smallest absolute Gasteiger partial charge is 0.166 e. The summed E-state index contributed by atoms with van der Waals surface area (Å²) < 4.78 is 34.6. The summed E-state index contributed by atoms with van der Waals surface area (Å²) in [5.41, 5.74) is 1.62. The molecule has 0 bridgehead atoms. The molecule has 0 saturated carbocycles. The average Bonchev–Trinajstić information content (AvgIpc) is 2.70. The highest BCUT2D eigenvalue weighted by Crippen LogP contribution is 2.31. The molecule has 0 aromatic heterocycles. The molecule has 26 heavy (non-hydrogen) atoms. The number of hydrogen-bond donors (Lipinski definition) is 0. The third-order valence-electron chi connectivity index (χ3n) is 4.23. The average molecular weight is 350 g/mol. The molecule has 3 rings (SSSR count). The van der Waals surface area contributed by atoms with Gasteiger partial charge in [0, 0.05) is 11.1 Å². The van der Waals surface area contributed by atoms with E-state index in [1.54, 1.807) is 30.3 Å². The first-order valence-electron chi connectivity index (χ1n) is 8.55. The van der Waals surface area contributed by atoms with Crippen LogP contribution in [0.25, 0.3) is 22.4 Å². The van der Waals surface area contributed by atoms with Gasteiger partial charge in [0.2, 0.25) is 0 Å². The van der Waals surface area contributed by atoms with Gasteiger partial charge in [-0.1, -0.05) is 49.9 Å². The van der Waals surface area contributed by atoms with Gasteiger partial charge in [0.25, 0.3) is 0 Å². The highest BCUT2D eigenvalue weighted by atomic mass is 19.2. The number of benzene rings is 3. The third-order valence-corrected chi connectivity index (χ3v) is 4.23. The van der Waals surface area contributed by atoms with E-state index in [2.05, 4.69) is 19.6 Å². The van der Waals surface area contributed by atoms with Gasteiger partial charge in [0.05, 0.1) is 0 Å². The topological polar surface area (TPSA) is 9.23 Å². The van der Waals surface area contributed by atoms with Crippen molar-refractivity contribution < 1.29 is 13.5 Å². The Morgan fingerprint density at radius 1 is 0.885 bits per heavy atom. The maximum Gasteiger partial charge on any atom is 0.166 e. The Balaban J connectivity index is 1.91. The van der Waals surface area contributed by atoms with Gasteiger partial charge in [-0.2, -0.15) is 0 Å². The molecule has 0 spiro atoms. The number of hydrogen-bond acceptors (Lipinski definition) is 1. The lowest BCUT2D eigenvalue weighted by Gasteiger charge is -2.07. The Morgan fingerprint density at radius 2 is 1.50 bits per heavy atom. The SMILES string of the molecule is C=CCOc1ccc(C(F)=C(F)c2ccc3cc(CC)ccc3c2)cc1. The van der Waals surface area contributed by atoms with E-state index in [-0.39, 0.29) is 11.1 Å². The standard InChI is InChI=1S/C23H20F2O/c1-3-13-26-21-11-9-17(10-12-21)22(24)23(25)20-8-7-18-14-16(4-2)5-6-19(18)15-20/h3,5-12,14-15H,1,4,13H2,2H3. The Hall–Kier alpha value is -2.94. The number of aryl methyl sites for hydroxylation is 1. The third kappa shape index (κ3) is 3.83. The summed E-state index contributed by atoms with van der Waals surface area (Å²) >= 11 is 0. The summed E-state index contributed by atoms with van der Waals surface area (Å²) in [5.74, 6) is -1.17. The van der Waals surface area contributed by atoms with Crippen LogP contribution in [0.2, 0.25) is 0 Å². The Morgan fingerprint density at radius 3 is 2.19 bits per heavy atom.